The Kier molecular flexibility index (Phi) is 2.45. The molecule has 1 fully saturated rings. The quantitative estimate of drug-likeness (QED) is 0.731. The van der Waals surface area contributed by atoms with Gasteiger partial charge in [0, 0.05) is 5.56 Å². The highest BCUT2D eigenvalue weighted by Crippen LogP contribution is 2.58. The van der Waals surface area contributed by atoms with E-state index in [0.717, 1.165) is 5.56 Å². The Balaban J connectivity index is 2.08. The zero-order chi connectivity index (χ0) is 12.8. The zero-order valence-corrected chi connectivity index (χ0v) is 9.94. The molecule has 0 bridgehead atoms. The number of carbonyl (C=O) groups is 2. The molecule has 1 heterocycles. The summed E-state index contributed by atoms with van der Waals surface area (Å²) in [5.41, 5.74) is 0.341. The van der Waals surface area contributed by atoms with Crippen LogP contribution in [0.15, 0.2) is 6.20 Å². The minimum absolute atomic E-state index is 0.269. The maximum atomic E-state index is 11.9. The average Bonchev–Trinajstić information content (AvgIpc) is 2.58. The first-order valence-electron chi connectivity index (χ1n) is 5.39. The average molecular weight is 237 g/mol. The number of amides is 1. The van der Waals surface area contributed by atoms with Crippen LogP contribution < -0.4 is 5.32 Å². The molecule has 1 amide bonds. The zero-order valence-electron chi connectivity index (χ0n) is 9.94. The monoisotopic (exact) mass is 237 g/mol. The summed E-state index contributed by atoms with van der Waals surface area (Å²) in [7, 11) is 0. The molecule has 1 aliphatic rings. The molecule has 0 saturated heterocycles. The lowest BCUT2D eigenvalue weighted by Gasteiger charge is -2.04. The summed E-state index contributed by atoms with van der Waals surface area (Å²) < 4.78 is 0. The van der Waals surface area contributed by atoms with Crippen LogP contribution in [0.5, 0.6) is 0 Å². The first kappa shape index (κ1) is 11.6. The molecule has 0 aromatic carbocycles. The highest BCUT2D eigenvalue weighted by Gasteiger charge is 2.65. The number of anilines is 1. The third-order valence-electron chi connectivity index (χ3n) is 3.45. The van der Waals surface area contributed by atoms with Gasteiger partial charge in [0.05, 0.1) is 18.0 Å². The summed E-state index contributed by atoms with van der Waals surface area (Å²) in [6.07, 6.45) is 1.60. The van der Waals surface area contributed by atoms with Crippen molar-refractivity contribution in [2.45, 2.75) is 20.8 Å². The minimum Gasteiger partial charge on any atom is -0.481 e. The topological polar surface area (TPSA) is 95.1 Å². The Morgan fingerprint density at radius 1 is 1.47 bits per heavy atom. The number of rotatable bonds is 3. The van der Waals surface area contributed by atoms with Gasteiger partial charge < -0.3 is 10.4 Å². The van der Waals surface area contributed by atoms with E-state index < -0.39 is 23.2 Å². The molecule has 2 rings (SSSR count). The number of carboxylic acids is 1. The van der Waals surface area contributed by atoms with Gasteiger partial charge in [-0.2, -0.15) is 5.10 Å². The first-order chi connectivity index (χ1) is 7.85. The molecule has 0 spiro atoms. The van der Waals surface area contributed by atoms with Crippen LogP contribution in [0.25, 0.3) is 0 Å². The van der Waals surface area contributed by atoms with E-state index in [2.05, 4.69) is 15.5 Å². The number of hydrogen-bond acceptors (Lipinski definition) is 3. The van der Waals surface area contributed by atoms with Crippen molar-refractivity contribution in [3.8, 4) is 0 Å². The number of aromatic amines is 1. The van der Waals surface area contributed by atoms with Crippen LogP contribution in [-0.2, 0) is 9.59 Å². The maximum absolute atomic E-state index is 11.9. The van der Waals surface area contributed by atoms with Crippen molar-refractivity contribution < 1.29 is 14.7 Å². The molecule has 0 aliphatic heterocycles. The second-order valence-electron chi connectivity index (χ2n) is 5.03. The number of aliphatic carboxylic acids is 1. The standard InChI is InChI=1S/C11H15N3O3/c1-5-4-12-14-8(5)13-9(15)6-7(10(16)17)11(6,2)3/h4,6-7H,1-3H3,(H,16,17)(H2,12,13,14,15)/t6-,7+/m1/s1. The molecule has 1 saturated carbocycles. The summed E-state index contributed by atoms with van der Waals surface area (Å²) in [6.45, 7) is 5.39. The van der Waals surface area contributed by atoms with Gasteiger partial charge in [-0.25, -0.2) is 0 Å². The van der Waals surface area contributed by atoms with E-state index in [1.54, 1.807) is 20.0 Å². The number of nitrogens with zero attached hydrogens (tertiary/aromatic N) is 1. The number of hydrogen-bond donors (Lipinski definition) is 3. The summed E-state index contributed by atoms with van der Waals surface area (Å²) in [5, 5.41) is 18.1. The predicted octanol–water partition coefficient (Wildman–Crippen LogP) is 1.01. The predicted molar refractivity (Wildman–Crippen MR) is 60.4 cm³/mol. The van der Waals surface area contributed by atoms with Crippen molar-refractivity contribution in [2.75, 3.05) is 5.32 Å². The molecule has 3 N–H and O–H groups in total. The highest BCUT2D eigenvalue weighted by molar-refractivity contribution is 5.99. The highest BCUT2D eigenvalue weighted by atomic mass is 16.4. The second kappa shape index (κ2) is 3.58. The van der Waals surface area contributed by atoms with Crippen LogP contribution in [0.3, 0.4) is 0 Å². The van der Waals surface area contributed by atoms with E-state index in [-0.39, 0.29) is 5.91 Å². The van der Waals surface area contributed by atoms with Crippen LogP contribution >= 0.6 is 0 Å². The molecular formula is C11H15N3O3. The Morgan fingerprint density at radius 2 is 2.12 bits per heavy atom. The number of aryl methyl sites for hydroxylation is 1. The lowest BCUT2D eigenvalue weighted by molar-refractivity contribution is -0.140. The summed E-state index contributed by atoms with van der Waals surface area (Å²) in [4.78, 5) is 22.9. The van der Waals surface area contributed by atoms with Gasteiger partial charge in [-0.3, -0.25) is 14.7 Å². The molecule has 17 heavy (non-hydrogen) atoms. The summed E-state index contributed by atoms with van der Waals surface area (Å²) in [5.74, 6) is -1.75. The van der Waals surface area contributed by atoms with E-state index in [1.807, 2.05) is 6.92 Å². The lowest BCUT2D eigenvalue weighted by Crippen LogP contribution is -2.18. The number of nitrogens with one attached hydrogen (secondary N) is 2. The van der Waals surface area contributed by atoms with Crippen LogP contribution in [-0.4, -0.2) is 27.2 Å². The Labute approximate surface area is 98.4 Å². The number of carboxylic acid groups (broad SMARTS) is 1. The normalized spacial score (nSPS) is 25.4. The van der Waals surface area contributed by atoms with Gasteiger partial charge in [0.2, 0.25) is 5.91 Å². The molecule has 6 nitrogen and oxygen atoms in total. The number of carbonyl (C=O) groups excluding carboxylic acids is 1. The van der Waals surface area contributed by atoms with E-state index >= 15 is 0 Å². The molecule has 1 aliphatic carbocycles. The third kappa shape index (κ3) is 1.79. The van der Waals surface area contributed by atoms with E-state index in [1.165, 1.54) is 0 Å². The maximum Gasteiger partial charge on any atom is 0.307 e. The van der Waals surface area contributed by atoms with Crippen LogP contribution in [0.4, 0.5) is 5.82 Å². The van der Waals surface area contributed by atoms with Crippen LogP contribution in [0.1, 0.15) is 19.4 Å². The fourth-order valence-corrected chi connectivity index (χ4v) is 2.26. The Morgan fingerprint density at radius 3 is 2.53 bits per heavy atom. The van der Waals surface area contributed by atoms with Gasteiger partial charge >= 0.3 is 5.97 Å². The fraction of sp³-hybridized carbons (Fsp3) is 0.545. The summed E-state index contributed by atoms with van der Waals surface area (Å²) >= 11 is 0. The van der Waals surface area contributed by atoms with Gasteiger partial charge in [0.15, 0.2) is 0 Å². The molecule has 0 radical (unpaired) electrons. The molecule has 1 aromatic heterocycles. The molecule has 2 atom stereocenters. The van der Waals surface area contributed by atoms with Gasteiger partial charge in [-0.05, 0) is 12.3 Å². The molecule has 92 valence electrons. The van der Waals surface area contributed by atoms with Crippen molar-refractivity contribution in [3.05, 3.63) is 11.8 Å². The molecule has 0 unspecified atom stereocenters. The van der Waals surface area contributed by atoms with Gasteiger partial charge in [0.25, 0.3) is 0 Å². The van der Waals surface area contributed by atoms with E-state index in [4.69, 9.17) is 5.11 Å². The van der Waals surface area contributed by atoms with Crippen LogP contribution in [0, 0.1) is 24.2 Å². The van der Waals surface area contributed by atoms with Crippen molar-refractivity contribution >= 4 is 17.7 Å². The van der Waals surface area contributed by atoms with Gasteiger partial charge in [-0.1, -0.05) is 13.8 Å². The van der Waals surface area contributed by atoms with Crippen molar-refractivity contribution in [2.24, 2.45) is 17.3 Å². The minimum atomic E-state index is -0.920. The largest absolute Gasteiger partial charge is 0.481 e. The van der Waals surface area contributed by atoms with Crippen LogP contribution in [0.2, 0.25) is 0 Å². The van der Waals surface area contributed by atoms with Gasteiger partial charge in [0.1, 0.15) is 5.82 Å². The summed E-state index contributed by atoms with van der Waals surface area (Å²) in [6, 6.07) is 0. The fourth-order valence-electron chi connectivity index (χ4n) is 2.26. The van der Waals surface area contributed by atoms with E-state index in [9.17, 15) is 9.59 Å². The lowest BCUT2D eigenvalue weighted by atomic mass is 10.1. The Bertz CT molecular complexity index is 478. The SMILES string of the molecule is Cc1cn[nH]c1NC(=O)[C@H]1[C@@H](C(=O)O)C1(C)C. The smallest absolute Gasteiger partial charge is 0.307 e. The second-order valence-corrected chi connectivity index (χ2v) is 5.03. The third-order valence-corrected chi connectivity index (χ3v) is 3.45. The van der Waals surface area contributed by atoms with Crippen molar-refractivity contribution in [1.29, 1.82) is 0 Å². The molecular weight excluding hydrogens is 222 g/mol. The number of H-pyrrole nitrogens is 1. The Hall–Kier alpha value is -1.85. The molecule has 1 aromatic rings. The number of aromatic nitrogens is 2. The first-order valence-corrected chi connectivity index (χ1v) is 5.39. The molecule has 6 heteroatoms. The van der Waals surface area contributed by atoms with Crippen molar-refractivity contribution in [3.63, 3.8) is 0 Å². The van der Waals surface area contributed by atoms with Crippen molar-refractivity contribution in [1.82, 2.24) is 10.2 Å². The van der Waals surface area contributed by atoms with E-state index in [0.29, 0.717) is 5.82 Å². The van der Waals surface area contributed by atoms with Gasteiger partial charge in [-0.15, -0.1) is 0 Å².